The largest absolute Gasteiger partial charge is 0.506 e. The van der Waals surface area contributed by atoms with E-state index in [1.165, 1.54) is 0 Å². The highest BCUT2D eigenvalue weighted by Gasteiger charge is 2.10. The summed E-state index contributed by atoms with van der Waals surface area (Å²) < 4.78 is 0. The van der Waals surface area contributed by atoms with Crippen molar-refractivity contribution in [3.05, 3.63) is 12.1 Å². The maximum atomic E-state index is 9.85. The van der Waals surface area contributed by atoms with Gasteiger partial charge in [0.25, 0.3) is 0 Å². The Morgan fingerprint density at radius 1 is 0.923 bits per heavy atom. The molecule has 0 saturated carbocycles. The molecule has 1 N–H and O–H groups in total. The Balaban J connectivity index is 3.23. The monoisotopic (exact) mass is 232 g/mol. The van der Waals surface area contributed by atoms with Crippen LogP contribution >= 0.6 is 35.3 Å². The van der Waals surface area contributed by atoms with Crippen molar-refractivity contribution in [3.63, 3.8) is 0 Å². The third-order valence-corrected chi connectivity index (χ3v) is 4.20. The van der Waals surface area contributed by atoms with Gasteiger partial charge < -0.3 is 5.11 Å². The molecule has 1 aromatic rings. The minimum Gasteiger partial charge on any atom is -0.506 e. The predicted octanol–water partition coefficient (Wildman–Crippen LogP) is 3.56. The Hall–Kier alpha value is 0.0700. The van der Waals surface area contributed by atoms with Crippen LogP contribution in [0.25, 0.3) is 0 Å². The molecule has 0 aliphatic rings. The van der Waals surface area contributed by atoms with Crippen molar-refractivity contribution in [1.82, 2.24) is 0 Å². The zero-order chi connectivity index (χ0) is 9.84. The maximum Gasteiger partial charge on any atom is 0.143 e. The SMILES string of the molecule is CSc1ccc(SC)c(SC)c1O. The number of phenols is 1. The van der Waals surface area contributed by atoms with Crippen molar-refractivity contribution < 1.29 is 5.11 Å². The molecule has 0 heterocycles. The molecule has 0 atom stereocenters. The van der Waals surface area contributed by atoms with Crippen LogP contribution < -0.4 is 0 Å². The van der Waals surface area contributed by atoms with E-state index in [0.717, 1.165) is 14.7 Å². The fourth-order valence-corrected chi connectivity index (χ4v) is 3.18. The van der Waals surface area contributed by atoms with Crippen LogP contribution in [-0.4, -0.2) is 23.9 Å². The Morgan fingerprint density at radius 2 is 1.46 bits per heavy atom. The second kappa shape index (κ2) is 5.08. The van der Waals surface area contributed by atoms with Crippen LogP contribution in [-0.2, 0) is 0 Å². The molecule has 0 saturated heterocycles. The van der Waals surface area contributed by atoms with Crippen LogP contribution in [0.1, 0.15) is 0 Å². The lowest BCUT2D eigenvalue weighted by atomic mass is 10.3. The number of aromatic hydroxyl groups is 1. The topological polar surface area (TPSA) is 20.2 Å². The van der Waals surface area contributed by atoms with Crippen LogP contribution in [0.4, 0.5) is 0 Å². The first kappa shape index (κ1) is 11.1. The molecular formula is C9H12OS3. The van der Waals surface area contributed by atoms with Gasteiger partial charge in [0.05, 0.1) is 9.79 Å². The molecule has 0 amide bonds. The molecule has 4 heteroatoms. The van der Waals surface area contributed by atoms with Gasteiger partial charge in [-0.15, -0.1) is 35.3 Å². The molecule has 1 nitrogen and oxygen atoms in total. The van der Waals surface area contributed by atoms with Crippen LogP contribution in [0.3, 0.4) is 0 Å². The highest BCUT2D eigenvalue weighted by atomic mass is 32.2. The minimum absolute atomic E-state index is 0.423. The van der Waals surface area contributed by atoms with E-state index in [1.54, 1.807) is 35.3 Å². The van der Waals surface area contributed by atoms with Gasteiger partial charge >= 0.3 is 0 Å². The highest BCUT2D eigenvalue weighted by molar-refractivity contribution is 8.01. The average molecular weight is 232 g/mol. The smallest absolute Gasteiger partial charge is 0.143 e. The molecule has 0 radical (unpaired) electrons. The van der Waals surface area contributed by atoms with Crippen molar-refractivity contribution in [2.75, 3.05) is 18.8 Å². The maximum absolute atomic E-state index is 9.85. The number of thioether (sulfide) groups is 3. The summed E-state index contributed by atoms with van der Waals surface area (Å²) in [5, 5.41) is 9.85. The van der Waals surface area contributed by atoms with E-state index in [4.69, 9.17) is 0 Å². The van der Waals surface area contributed by atoms with Crippen molar-refractivity contribution in [1.29, 1.82) is 0 Å². The molecule has 13 heavy (non-hydrogen) atoms. The van der Waals surface area contributed by atoms with E-state index in [0.29, 0.717) is 5.75 Å². The van der Waals surface area contributed by atoms with Gasteiger partial charge in [0.15, 0.2) is 0 Å². The van der Waals surface area contributed by atoms with Crippen LogP contribution in [0, 0.1) is 0 Å². The molecule has 0 unspecified atom stereocenters. The first-order valence-corrected chi connectivity index (χ1v) is 7.40. The van der Waals surface area contributed by atoms with Crippen molar-refractivity contribution in [2.24, 2.45) is 0 Å². The lowest BCUT2D eigenvalue weighted by molar-refractivity contribution is 0.446. The third kappa shape index (κ3) is 2.30. The van der Waals surface area contributed by atoms with Gasteiger partial charge in [-0.25, -0.2) is 0 Å². The van der Waals surface area contributed by atoms with E-state index in [1.807, 2.05) is 24.8 Å². The molecule has 1 rings (SSSR count). The van der Waals surface area contributed by atoms with Crippen LogP contribution in [0.2, 0.25) is 0 Å². The van der Waals surface area contributed by atoms with Crippen molar-refractivity contribution in [3.8, 4) is 5.75 Å². The molecular weight excluding hydrogens is 220 g/mol. The Labute approximate surface area is 91.7 Å². The summed E-state index contributed by atoms with van der Waals surface area (Å²) in [4.78, 5) is 3.07. The number of hydrogen-bond donors (Lipinski definition) is 1. The Bertz CT molecular complexity index is 299. The third-order valence-electron chi connectivity index (χ3n) is 1.70. The molecule has 72 valence electrons. The molecule has 0 spiro atoms. The average Bonchev–Trinajstić information content (AvgIpc) is 2.17. The molecule has 0 aromatic heterocycles. The molecule has 0 aliphatic carbocycles. The zero-order valence-electron chi connectivity index (χ0n) is 7.83. The van der Waals surface area contributed by atoms with Crippen LogP contribution in [0.15, 0.2) is 26.8 Å². The summed E-state index contributed by atoms with van der Waals surface area (Å²) >= 11 is 4.83. The summed E-state index contributed by atoms with van der Waals surface area (Å²) in [6.07, 6.45) is 5.98. The lowest BCUT2D eigenvalue weighted by Gasteiger charge is -2.09. The summed E-state index contributed by atoms with van der Waals surface area (Å²) in [6.45, 7) is 0. The summed E-state index contributed by atoms with van der Waals surface area (Å²) in [5.74, 6) is 0.423. The van der Waals surface area contributed by atoms with E-state index < -0.39 is 0 Å². The van der Waals surface area contributed by atoms with Gasteiger partial charge in [-0.2, -0.15) is 0 Å². The number of rotatable bonds is 3. The standard InChI is InChI=1S/C9H12OS3/c1-11-6-4-5-7(12-2)9(13-3)8(6)10/h4-5,10H,1-3H3. The van der Waals surface area contributed by atoms with Crippen molar-refractivity contribution in [2.45, 2.75) is 14.7 Å². The van der Waals surface area contributed by atoms with Gasteiger partial charge in [-0.3, -0.25) is 0 Å². The fraction of sp³-hybridized carbons (Fsp3) is 0.333. The van der Waals surface area contributed by atoms with Gasteiger partial charge in [0.2, 0.25) is 0 Å². The highest BCUT2D eigenvalue weighted by Crippen LogP contribution is 2.41. The second-order valence-corrected chi connectivity index (χ2v) is 4.86. The van der Waals surface area contributed by atoms with Crippen molar-refractivity contribution >= 4 is 35.3 Å². The minimum atomic E-state index is 0.423. The van der Waals surface area contributed by atoms with E-state index in [-0.39, 0.29) is 0 Å². The van der Waals surface area contributed by atoms with E-state index in [9.17, 15) is 5.11 Å². The Morgan fingerprint density at radius 3 is 1.92 bits per heavy atom. The fourth-order valence-electron chi connectivity index (χ4n) is 1.06. The summed E-state index contributed by atoms with van der Waals surface area (Å²) in [5.41, 5.74) is 0. The molecule has 0 bridgehead atoms. The molecule has 0 fully saturated rings. The zero-order valence-corrected chi connectivity index (χ0v) is 10.3. The number of phenolic OH excluding ortho intramolecular Hbond substituents is 1. The van der Waals surface area contributed by atoms with Crippen LogP contribution in [0.5, 0.6) is 5.75 Å². The van der Waals surface area contributed by atoms with Gasteiger partial charge in [0.1, 0.15) is 5.75 Å². The van der Waals surface area contributed by atoms with E-state index >= 15 is 0 Å². The first-order valence-electron chi connectivity index (χ1n) is 3.72. The predicted molar refractivity (Wildman–Crippen MR) is 63.4 cm³/mol. The molecule has 0 aliphatic heterocycles. The quantitative estimate of drug-likeness (QED) is 0.804. The summed E-state index contributed by atoms with van der Waals surface area (Å²) in [6, 6.07) is 4.02. The van der Waals surface area contributed by atoms with Gasteiger partial charge in [0, 0.05) is 4.90 Å². The Kier molecular flexibility index (Phi) is 4.35. The summed E-state index contributed by atoms with van der Waals surface area (Å²) in [7, 11) is 0. The molecule has 1 aromatic carbocycles. The van der Waals surface area contributed by atoms with E-state index in [2.05, 4.69) is 6.07 Å². The van der Waals surface area contributed by atoms with Gasteiger partial charge in [-0.1, -0.05) is 0 Å². The van der Waals surface area contributed by atoms with Gasteiger partial charge in [-0.05, 0) is 30.9 Å². The number of benzene rings is 1. The number of hydrogen-bond acceptors (Lipinski definition) is 4. The lowest BCUT2D eigenvalue weighted by Crippen LogP contribution is -1.81. The second-order valence-electron chi connectivity index (χ2n) is 2.35. The normalized spacial score (nSPS) is 10.4. The first-order chi connectivity index (χ1) is 6.24.